The van der Waals surface area contributed by atoms with Crippen LogP contribution in [0.3, 0.4) is 0 Å². The van der Waals surface area contributed by atoms with E-state index in [4.69, 9.17) is 5.11 Å². The van der Waals surface area contributed by atoms with Gasteiger partial charge in [-0.2, -0.15) is 0 Å². The van der Waals surface area contributed by atoms with Crippen LogP contribution in [0.25, 0.3) is 16.8 Å². The van der Waals surface area contributed by atoms with Gasteiger partial charge in [-0.15, -0.1) is 0 Å². The first kappa shape index (κ1) is 20.4. The van der Waals surface area contributed by atoms with Crippen LogP contribution in [0.4, 0.5) is 10.5 Å². The Hall–Kier alpha value is -3.91. The van der Waals surface area contributed by atoms with E-state index in [-0.39, 0.29) is 10.5 Å². The molecule has 3 amide bonds. The molecule has 0 bridgehead atoms. The first-order valence-corrected chi connectivity index (χ1v) is 10.1. The van der Waals surface area contributed by atoms with E-state index in [0.29, 0.717) is 11.3 Å². The molecule has 1 heterocycles. The summed E-state index contributed by atoms with van der Waals surface area (Å²) in [5, 5.41) is 13.0. The Labute approximate surface area is 181 Å². The van der Waals surface area contributed by atoms with E-state index >= 15 is 0 Å². The molecule has 154 valence electrons. The van der Waals surface area contributed by atoms with Crippen molar-refractivity contribution in [2.24, 2.45) is 0 Å². The smallest absolute Gasteiger partial charge is 0.335 e. The Balaban J connectivity index is 1.47. The number of aromatic carboxylic acids is 1. The van der Waals surface area contributed by atoms with Crippen molar-refractivity contribution in [1.29, 1.82) is 0 Å². The Morgan fingerprint density at radius 1 is 0.968 bits per heavy atom. The van der Waals surface area contributed by atoms with E-state index in [1.54, 1.807) is 18.2 Å². The Bertz CT molecular complexity index is 1250. The topological polar surface area (TPSA) is 104 Å². The molecule has 0 atom stereocenters. The van der Waals surface area contributed by atoms with Crippen molar-refractivity contribution in [2.75, 3.05) is 11.9 Å². The van der Waals surface area contributed by atoms with Crippen molar-refractivity contribution in [3.63, 3.8) is 0 Å². The number of imide groups is 1. The Kier molecular flexibility index (Phi) is 5.55. The number of benzene rings is 3. The van der Waals surface area contributed by atoms with Gasteiger partial charge in [-0.1, -0.05) is 48.5 Å². The highest BCUT2D eigenvalue weighted by molar-refractivity contribution is 8.18. The number of carboxylic acids is 1. The van der Waals surface area contributed by atoms with E-state index in [2.05, 4.69) is 5.32 Å². The summed E-state index contributed by atoms with van der Waals surface area (Å²) in [6.07, 6.45) is 1.50. The number of amides is 3. The minimum atomic E-state index is -1.05. The van der Waals surface area contributed by atoms with Gasteiger partial charge in [0.2, 0.25) is 5.91 Å². The number of anilines is 1. The summed E-state index contributed by atoms with van der Waals surface area (Å²) in [7, 11) is 0. The minimum absolute atomic E-state index is 0.121. The number of fused-ring (bicyclic) bond motifs is 1. The zero-order valence-electron chi connectivity index (χ0n) is 16.1. The van der Waals surface area contributed by atoms with Crippen molar-refractivity contribution in [2.45, 2.75) is 0 Å². The minimum Gasteiger partial charge on any atom is -0.478 e. The molecule has 0 aliphatic carbocycles. The molecule has 2 N–H and O–H groups in total. The molecular weight excluding hydrogens is 416 g/mol. The molecule has 31 heavy (non-hydrogen) atoms. The molecule has 0 saturated carbocycles. The number of carboxylic acid groups (broad SMARTS) is 1. The van der Waals surface area contributed by atoms with Crippen LogP contribution in [-0.2, 0) is 9.59 Å². The van der Waals surface area contributed by atoms with Crippen molar-refractivity contribution in [3.8, 4) is 0 Å². The van der Waals surface area contributed by atoms with Crippen LogP contribution in [0.2, 0.25) is 0 Å². The van der Waals surface area contributed by atoms with Crippen molar-refractivity contribution in [1.82, 2.24) is 4.90 Å². The molecular formula is C23H16N2O5S. The number of rotatable bonds is 5. The number of thioether (sulfide) groups is 1. The van der Waals surface area contributed by atoms with Gasteiger partial charge in [0.15, 0.2) is 0 Å². The zero-order valence-corrected chi connectivity index (χ0v) is 16.9. The van der Waals surface area contributed by atoms with Crippen LogP contribution in [0.5, 0.6) is 0 Å². The standard InChI is InChI=1S/C23H16N2O5S/c26-20(24-18-7-3-5-15-4-1-2-6-17(15)18)13-25-21(27)19(31-23(25)30)12-14-8-10-16(11-9-14)22(28)29/h1-12H,13H2,(H,24,26)(H,28,29)/b19-12-. The highest BCUT2D eigenvalue weighted by Crippen LogP contribution is 2.32. The third kappa shape index (κ3) is 4.34. The molecule has 3 aromatic rings. The number of carbonyl (C=O) groups excluding carboxylic acids is 3. The van der Waals surface area contributed by atoms with E-state index < -0.39 is 29.6 Å². The van der Waals surface area contributed by atoms with Gasteiger partial charge in [0, 0.05) is 11.1 Å². The fraction of sp³-hybridized carbons (Fsp3) is 0.0435. The molecule has 8 heteroatoms. The lowest BCUT2D eigenvalue weighted by molar-refractivity contribution is -0.127. The molecule has 1 saturated heterocycles. The van der Waals surface area contributed by atoms with Gasteiger partial charge < -0.3 is 10.4 Å². The second-order valence-electron chi connectivity index (χ2n) is 6.77. The lowest BCUT2D eigenvalue weighted by Gasteiger charge is -2.13. The second kappa shape index (κ2) is 8.45. The number of carbonyl (C=O) groups is 4. The van der Waals surface area contributed by atoms with Crippen molar-refractivity contribution in [3.05, 3.63) is 82.8 Å². The summed E-state index contributed by atoms with van der Waals surface area (Å²) < 4.78 is 0. The van der Waals surface area contributed by atoms with Gasteiger partial charge in [-0.3, -0.25) is 19.3 Å². The van der Waals surface area contributed by atoms with Crippen LogP contribution < -0.4 is 5.32 Å². The zero-order chi connectivity index (χ0) is 22.0. The molecule has 0 unspecified atom stereocenters. The summed E-state index contributed by atoms with van der Waals surface area (Å²) in [6.45, 7) is -0.400. The monoisotopic (exact) mass is 432 g/mol. The molecule has 1 aliphatic rings. The van der Waals surface area contributed by atoms with Crippen molar-refractivity contribution >= 4 is 57.3 Å². The number of hydrogen-bond donors (Lipinski definition) is 2. The lowest BCUT2D eigenvalue weighted by atomic mass is 10.1. The molecule has 1 fully saturated rings. The van der Waals surface area contributed by atoms with Crippen LogP contribution in [-0.4, -0.2) is 39.6 Å². The average Bonchev–Trinajstić information content (AvgIpc) is 3.01. The normalized spacial score (nSPS) is 15.0. The average molecular weight is 432 g/mol. The third-order valence-corrected chi connectivity index (χ3v) is 5.60. The van der Waals surface area contributed by atoms with E-state index in [1.165, 1.54) is 18.2 Å². The SMILES string of the molecule is O=C(CN1C(=O)S/C(=C\c2ccc(C(=O)O)cc2)C1=O)Nc1cccc2ccccc12. The molecule has 3 aromatic carbocycles. The first-order valence-electron chi connectivity index (χ1n) is 9.29. The van der Waals surface area contributed by atoms with Crippen molar-refractivity contribution < 1.29 is 24.3 Å². The molecule has 0 radical (unpaired) electrons. The van der Waals surface area contributed by atoms with E-state index in [9.17, 15) is 19.2 Å². The number of nitrogens with zero attached hydrogens (tertiary/aromatic N) is 1. The molecule has 7 nitrogen and oxygen atoms in total. The summed E-state index contributed by atoms with van der Waals surface area (Å²) in [4.78, 5) is 49.5. The second-order valence-corrected chi connectivity index (χ2v) is 7.76. The van der Waals surface area contributed by atoms with Crippen LogP contribution >= 0.6 is 11.8 Å². The fourth-order valence-corrected chi connectivity index (χ4v) is 4.02. The quantitative estimate of drug-likeness (QED) is 0.585. The van der Waals surface area contributed by atoms with Gasteiger partial charge in [-0.25, -0.2) is 4.79 Å². The van der Waals surface area contributed by atoms with Gasteiger partial charge in [0.25, 0.3) is 11.1 Å². The summed E-state index contributed by atoms with van der Waals surface area (Å²) in [5.41, 5.74) is 1.30. The highest BCUT2D eigenvalue weighted by Gasteiger charge is 2.36. The molecule has 0 spiro atoms. The fourth-order valence-electron chi connectivity index (χ4n) is 3.18. The van der Waals surface area contributed by atoms with Crippen LogP contribution in [0.1, 0.15) is 15.9 Å². The van der Waals surface area contributed by atoms with Gasteiger partial charge in [-0.05, 0) is 47.0 Å². The molecule has 1 aliphatic heterocycles. The van der Waals surface area contributed by atoms with Crippen LogP contribution in [0, 0.1) is 0 Å². The number of hydrogen-bond acceptors (Lipinski definition) is 5. The van der Waals surface area contributed by atoms with Gasteiger partial charge >= 0.3 is 5.97 Å². The molecule has 0 aromatic heterocycles. The first-order chi connectivity index (χ1) is 14.9. The van der Waals surface area contributed by atoms with Gasteiger partial charge in [0.05, 0.1) is 10.5 Å². The van der Waals surface area contributed by atoms with Gasteiger partial charge in [0.1, 0.15) is 6.54 Å². The third-order valence-electron chi connectivity index (χ3n) is 4.69. The van der Waals surface area contributed by atoms with E-state index in [1.807, 2.05) is 36.4 Å². The summed E-state index contributed by atoms with van der Waals surface area (Å²) >= 11 is 0.740. The maximum atomic E-state index is 12.6. The van der Waals surface area contributed by atoms with E-state index in [0.717, 1.165) is 27.4 Å². The Morgan fingerprint density at radius 3 is 2.42 bits per heavy atom. The summed E-state index contributed by atoms with van der Waals surface area (Å²) in [6, 6.07) is 19.0. The predicted molar refractivity (Wildman–Crippen MR) is 119 cm³/mol. The predicted octanol–water partition coefficient (Wildman–Crippen LogP) is 4.21. The highest BCUT2D eigenvalue weighted by atomic mass is 32.2. The Morgan fingerprint density at radius 2 is 1.68 bits per heavy atom. The number of nitrogens with one attached hydrogen (secondary N) is 1. The largest absolute Gasteiger partial charge is 0.478 e. The summed E-state index contributed by atoms with van der Waals surface area (Å²) in [5.74, 6) is -2.10. The lowest BCUT2D eigenvalue weighted by Crippen LogP contribution is -2.36. The maximum absolute atomic E-state index is 12.6. The maximum Gasteiger partial charge on any atom is 0.335 e. The van der Waals surface area contributed by atoms with Crippen LogP contribution in [0.15, 0.2) is 71.6 Å². The molecule has 4 rings (SSSR count).